The maximum absolute atomic E-state index is 13.4. The average molecular weight is 377 g/mol. The van der Waals surface area contributed by atoms with Gasteiger partial charge < -0.3 is 5.11 Å². The van der Waals surface area contributed by atoms with Gasteiger partial charge in [0.2, 0.25) is 0 Å². The molecule has 5 nitrogen and oxygen atoms in total. The minimum absolute atomic E-state index is 0.0583. The van der Waals surface area contributed by atoms with Crippen molar-refractivity contribution >= 4 is 29.5 Å². The van der Waals surface area contributed by atoms with Gasteiger partial charge in [-0.3, -0.25) is 10.4 Å². The molecule has 0 unspecified atom stereocenters. The zero-order valence-corrected chi connectivity index (χ0v) is 15.2. The summed E-state index contributed by atoms with van der Waals surface area (Å²) >= 11 is 5.87. The molecule has 0 atom stereocenters. The molecule has 1 saturated carbocycles. The summed E-state index contributed by atoms with van der Waals surface area (Å²) in [5, 5.41) is 11.8. The number of nitrogens with zero attached hydrogens (tertiary/aromatic N) is 3. The molecule has 3 aliphatic rings. The molecular formula is C19H22ClFN4O. The first-order chi connectivity index (χ1) is 12.6. The second-order valence-electron chi connectivity index (χ2n) is 7.15. The molecule has 7 heteroatoms. The first-order valence-electron chi connectivity index (χ1n) is 9.10. The summed E-state index contributed by atoms with van der Waals surface area (Å²) in [5.74, 6) is 0.786. The van der Waals surface area contributed by atoms with Crippen molar-refractivity contribution in [2.24, 2.45) is 15.9 Å². The van der Waals surface area contributed by atoms with E-state index >= 15 is 0 Å². The molecule has 0 amide bonds. The number of fused-ring (bicyclic) bond motifs is 1. The molecule has 26 heavy (non-hydrogen) atoms. The maximum atomic E-state index is 13.4. The minimum Gasteiger partial charge on any atom is -0.393 e. The van der Waals surface area contributed by atoms with E-state index in [2.05, 4.69) is 20.4 Å². The van der Waals surface area contributed by atoms with Crippen LogP contribution < -0.4 is 5.43 Å². The number of aliphatic imine (C=N–C) groups is 2. The van der Waals surface area contributed by atoms with Crippen molar-refractivity contribution in [2.75, 3.05) is 6.54 Å². The van der Waals surface area contributed by atoms with Crippen LogP contribution in [0.1, 0.15) is 38.5 Å². The lowest BCUT2D eigenvalue weighted by Crippen LogP contribution is -2.40. The molecule has 4 rings (SSSR count). The molecule has 0 bridgehead atoms. The number of benzene rings is 1. The molecule has 1 aliphatic carbocycles. The molecule has 0 spiro atoms. The van der Waals surface area contributed by atoms with Gasteiger partial charge in [-0.25, -0.2) is 14.4 Å². The number of rotatable bonds is 3. The third kappa shape index (κ3) is 3.62. The molecule has 138 valence electrons. The van der Waals surface area contributed by atoms with Gasteiger partial charge in [0.1, 0.15) is 17.9 Å². The Hall–Kier alpha value is -1.92. The van der Waals surface area contributed by atoms with Gasteiger partial charge in [-0.2, -0.15) is 0 Å². The zero-order chi connectivity index (χ0) is 18.1. The molecular weight excluding hydrogens is 355 g/mol. The summed E-state index contributed by atoms with van der Waals surface area (Å²) in [4.78, 5) is 9.02. The van der Waals surface area contributed by atoms with Gasteiger partial charge in [0, 0.05) is 6.54 Å². The smallest absolute Gasteiger partial charge is 0.179 e. The van der Waals surface area contributed by atoms with E-state index in [0.29, 0.717) is 17.4 Å². The van der Waals surface area contributed by atoms with Crippen LogP contribution in [0.2, 0.25) is 5.02 Å². The van der Waals surface area contributed by atoms with E-state index in [9.17, 15) is 9.50 Å². The van der Waals surface area contributed by atoms with Crippen molar-refractivity contribution < 1.29 is 9.50 Å². The molecule has 1 aromatic rings. The largest absolute Gasteiger partial charge is 0.393 e. The third-order valence-electron chi connectivity index (χ3n) is 5.34. The molecule has 0 aromatic heterocycles. The van der Waals surface area contributed by atoms with Gasteiger partial charge in [0.25, 0.3) is 0 Å². The second kappa shape index (κ2) is 7.37. The fourth-order valence-corrected chi connectivity index (χ4v) is 4.13. The van der Waals surface area contributed by atoms with Crippen LogP contribution in [0.4, 0.5) is 10.1 Å². The Morgan fingerprint density at radius 3 is 2.88 bits per heavy atom. The Kier molecular flexibility index (Phi) is 4.96. The average Bonchev–Trinajstić information content (AvgIpc) is 3.04. The third-order valence-corrected chi connectivity index (χ3v) is 5.63. The highest BCUT2D eigenvalue weighted by Gasteiger charge is 2.30. The van der Waals surface area contributed by atoms with E-state index in [4.69, 9.17) is 11.6 Å². The quantitative estimate of drug-likeness (QED) is 0.839. The van der Waals surface area contributed by atoms with E-state index < -0.39 is 5.82 Å². The number of nitrogens with one attached hydrogen (secondary N) is 1. The summed E-state index contributed by atoms with van der Waals surface area (Å²) in [6.07, 6.45) is 7.40. The predicted molar refractivity (Wildman–Crippen MR) is 101 cm³/mol. The Morgan fingerprint density at radius 1 is 1.31 bits per heavy atom. The van der Waals surface area contributed by atoms with Crippen molar-refractivity contribution in [3.05, 3.63) is 40.3 Å². The van der Waals surface area contributed by atoms with Crippen LogP contribution >= 0.6 is 11.6 Å². The van der Waals surface area contributed by atoms with Gasteiger partial charge in [0.05, 0.1) is 16.8 Å². The highest BCUT2D eigenvalue weighted by atomic mass is 35.5. The summed E-state index contributed by atoms with van der Waals surface area (Å²) in [7, 11) is 0. The molecule has 2 N–H and O–H groups in total. The van der Waals surface area contributed by atoms with Gasteiger partial charge in [-0.15, -0.1) is 0 Å². The zero-order valence-electron chi connectivity index (χ0n) is 14.5. The van der Waals surface area contributed by atoms with Crippen LogP contribution in [0.5, 0.6) is 0 Å². The Balaban J connectivity index is 1.61. The Bertz CT molecular complexity index is 784. The highest BCUT2D eigenvalue weighted by molar-refractivity contribution is 6.31. The Morgan fingerprint density at radius 2 is 2.12 bits per heavy atom. The van der Waals surface area contributed by atoms with E-state index in [-0.39, 0.29) is 11.1 Å². The van der Waals surface area contributed by atoms with E-state index in [1.54, 1.807) is 12.4 Å². The van der Waals surface area contributed by atoms with Gasteiger partial charge >= 0.3 is 0 Å². The number of hydrazine groups is 1. The number of amidine groups is 1. The van der Waals surface area contributed by atoms with Crippen molar-refractivity contribution in [3.8, 4) is 0 Å². The van der Waals surface area contributed by atoms with E-state index in [1.165, 1.54) is 17.7 Å². The first kappa shape index (κ1) is 17.5. The lowest BCUT2D eigenvalue weighted by molar-refractivity contribution is 0.108. The van der Waals surface area contributed by atoms with Crippen molar-refractivity contribution in [3.63, 3.8) is 0 Å². The van der Waals surface area contributed by atoms with Gasteiger partial charge in [0.15, 0.2) is 5.84 Å². The number of aliphatic hydroxyl groups excluding tert-OH is 1. The molecule has 0 saturated heterocycles. The standard InChI is InChI=1S/C19H22ClFN4O/c20-16-10-14(3-6-17(16)21)24-19-18-13(7-8-25(18)23-11-22-19)9-12-1-4-15(26)5-2-12/h3,6,10-12,15,26H,1-2,4-5,7-9H2,(H,22,23,24). The minimum atomic E-state index is -0.452. The summed E-state index contributed by atoms with van der Waals surface area (Å²) in [6, 6.07) is 4.44. The monoisotopic (exact) mass is 376 g/mol. The van der Waals surface area contributed by atoms with Crippen LogP contribution in [0.3, 0.4) is 0 Å². The van der Waals surface area contributed by atoms with Crippen LogP contribution in [0, 0.1) is 11.7 Å². The van der Waals surface area contributed by atoms with Crippen LogP contribution in [0.25, 0.3) is 0 Å². The van der Waals surface area contributed by atoms with E-state index in [0.717, 1.165) is 50.8 Å². The first-order valence-corrected chi connectivity index (χ1v) is 9.48. The number of hydrogen-bond donors (Lipinski definition) is 2. The predicted octanol–water partition coefficient (Wildman–Crippen LogP) is 3.96. The molecule has 0 radical (unpaired) electrons. The summed E-state index contributed by atoms with van der Waals surface area (Å²) in [5.41, 5.74) is 6.13. The lowest BCUT2D eigenvalue weighted by Gasteiger charge is -2.27. The molecule has 1 aromatic carbocycles. The van der Waals surface area contributed by atoms with Crippen molar-refractivity contribution in [1.82, 2.24) is 10.4 Å². The normalized spacial score (nSPS) is 27.0. The van der Waals surface area contributed by atoms with Crippen LogP contribution in [-0.2, 0) is 0 Å². The summed E-state index contributed by atoms with van der Waals surface area (Å²) < 4.78 is 13.4. The number of aliphatic hydroxyl groups is 1. The van der Waals surface area contributed by atoms with Crippen molar-refractivity contribution in [1.29, 1.82) is 0 Å². The fraction of sp³-hybridized carbons (Fsp3) is 0.474. The fourth-order valence-electron chi connectivity index (χ4n) is 3.95. The second-order valence-corrected chi connectivity index (χ2v) is 7.56. The van der Waals surface area contributed by atoms with Crippen LogP contribution in [0.15, 0.2) is 39.5 Å². The number of halogens is 2. The topological polar surface area (TPSA) is 60.2 Å². The van der Waals surface area contributed by atoms with Crippen molar-refractivity contribution in [2.45, 2.75) is 44.6 Å². The summed E-state index contributed by atoms with van der Waals surface area (Å²) in [6.45, 7) is 0.884. The Labute approximate surface area is 157 Å². The lowest BCUT2D eigenvalue weighted by atomic mass is 9.83. The van der Waals surface area contributed by atoms with Gasteiger partial charge in [-0.05, 0) is 68.2 Å². The molecule has 2 heterocycles. The van der Waals surface area contributed by atoms with Crippen LogP contribution in [-0.4, -0.2) is 34.9 Å². The SMILES string of the molecule is OC1CCC(CC2=C3C(=Nc4ccc(F)c(Cl)c4)N=CNN3CC2)CC1. The highest BCUT2D eigenvalue weighted by Crippen LogP contribution is 2.35. The number of hydrogen-bond acceptors (Lipinski definition) is 4. The molecule has 1 fully saturated rings. The maximum Gasteiger partial charge on any atom is 0.179 e. The van der Waals surface area contributed by atoms with Gasteiger partial charge in [-0.1, -0.05) is 11.6 Å². The van der Waals surface area contributed by atoms with E-state index in [1.807, 2.05) is 0 Å². The molecule has 2 aliphatic heterocycles.